The number of amides is 1. The Bertz CT molecular complexity index is 470. The van der Waals surface area contributed by atoms with Gasteiger partial charge in [-0.25, -0.2) is 0 Å². The van der Waals surface area contributed by atoms with E-state index in [-0.39, 0.29) is 35.0 Å². The standard InChI is InChI=1S/C14H20F2N2O2.ClH/c1-14(2,8-17)9-18(3)12(19)10-6-4-5-7-11(10)20-13(15)16;/h4-7,13H,8-9,17H2,1-3H3;1H. The minimum Gasteiger partial charge on any atom is -0.434 e. The number of benzene rings is 1. The maximum Gasteiger partial charge on any atom is 0.387 e. The van der Waals surface area contributed by atoms with Gasteiger partial charge in [0.05, 0.1) is 5.56 Å². The number of nitrogens with zero attached hydrogens (tertiary/aromatic N) is 1. The molecule has 120 valence electrons. The van der Waals surface area contributed by atoms with Gasteiger partial charge in [0, 0.05) is 13.6 Å². The summed E-state index contributed by atoms with van der Waals surface area (Å²) in [5.74, 6) is -0.493. The van der Waals surface area contributed by atoms with Crippen LogP contribution in [0.1, 0.15) is 24.2 Å². The van der Waals surface area contributed by atoms with Crippen molar-refractivity contribution in [1.29, 1.82) is 0 Å². The van der Waals surface area contributed by atoms with Gasteiger partial charge in [-0.2, -0.15) is 8.78 Å². The second-order valence-electron chi connectivity index (χ2n) is 5.40. The van der Waals surface area contributed by atoms with Crippen LogP contribution in [0.3, 0.4) is 0 Å². The fourth-order valence-electron chi connectivity index (χ4n) is 1.83. The van der Waals surface area contributed by atoms with Crippen LogP contribution in [0.25, 0.3) is 0 Å². The molecule has 0 aliphatic carbocycles. The second kappa shape index (κ2) is 8.14. The fraction of sp³-hybridized carbons (Fsp3) is 0.500. The number of ether oxygens (including phenoxy) is 1. The van der Waals surface area contributed by atoms with Crippen LogP contribution in [-0.2, 0) is 0 Å². The molecule has 0 spiro atoms. The van der Waals surface area contributed by atoms with Crippen molar-refractivity contribution < 1.29 is 18.3 Å². The van der Waals surface area contributed by atoms with E-state index in [4.69, 9.17) is 5.73 Å². The van der Waals surface area contributed by atoms with Crippen molar-refractivity contribution in [3.8, 4) is 5.75 Å². The summed E-state index contributed by atoms with van der Waals surface area (Å²) >= 11 is 0. The van der Waals surface area contributed by atoms with Crippen LogP contribution >= 0.6 is 12.4 Å². The van der Waals surface area contributed by atoms with E-state index in [1.54, 1.807) is 13.1 Å². The Kier molecular flexibility index (Phi) is 7.60. The molecule has 0 heterocycles. The zero-order valence-corrected chi connectivity index (χ0v) is 13.1. The molecular weight excluding hydrogens is 302 g/mol. The zero-order chi connectivity index (χ0) is 15.3. The third kappa shape index (κ3) is 5.85. The van der Waals surface area contributed by atoms with Gasteiger partial charge in [0.25, 0.3) is 5.91 Å². The van der Waals surface area contributed by atoms with Crippen LogP contribution in [0.15, 0.2) is 24.3 Å². The van der Waals surface area contributed by atoms with Gasteiger partial charge >= 0.3 is 6.61 Å². The summed E-state index contributed by atoms with van der Waals surface area (Å²) in [4.78, 5) is 13.8. The Morgan fingerprint density at radius 3 is 2.48 bits per heavy atom. The number of rotatable bonds is 6. The van der Waals surface area contributed by atoms with Crippen molar-refractivity contribution in [2.45, 2.75) is 20.5 Å². The molecular formula is C14H21ClF2N2O2. The average molecular weight is 323 g/mol. The Hall–Kier alpha value is -1.40. The van der Waals surface area contributed by atoms with E-state index in [1.165, 1.54) is 23.1 Å². The lowest BCUT2D eigenvalue weighted by Crippen LogP contribution is -2.39. The first-order valence-electron chi connectivity index (χ1n) is 6.26. The van der Waals surface area contributed by atoms with E-state index in [0.717, 1.165) is 0 Å². The number of hydrogen-bond donors (Lipinski definition) is 1. The van der Waals surface area contributed by atoms with Gasteiger partial charge in [0.1, 0.15) is 5.75 Å². The largest absolute Gasteiger partial charge is 0.434 e. The number of hydrogen-bond acceptors (Lipinski definition) is 3. The van der Waals surface area contributed by atoms with Crippen LogP contribution in [-0.4, -0.2) is 37.6 Å². The van der Waals surface area contributed by atoms with Crippen LogP contribution in [0.2, 0.25) is 0 Å². The van der Waals surface area contributed by atoms with Crippen LogP contribution in [0.5, 0.6) is 5.75 Å². The van der Waals surface area contributed by atoms with Gasteiger partial charge in [0.2, 0.25) is 0 Å². The van der Waals surface area contributed by atoms with Crippen molar-refractivity contribution in [3.63, 3.8) is 0 Å². The molecule has 1 rings (SSSR count). The summed E-state index contributed by atoms with van der Waals surface area (Å²) in [6.45, 7) is 1.73. The molecule has 0 saturated heterocycles. The number of carbonyl (C=O) groups excluding carboxylic acids is 1. The summed E-state index contributed by atoms with van der Waals surface area (Å²) in [6.07, 6.45) is 0. The minimum absolute atomic E-state index is 0. The summed E-state index contributed by atoms with van der Waals surface area (Å²) in [6, 6.07) is 5.96. The number of alkyl halides is 2. The van der Waals surface area contributed by atoms with Gasteiger partial charge in [0.15, 0.2) is 0 Å². The zero-order valence-electron chi connectivity index (χ0n) is 12.3. The van der Waals surface area contributed by atoms with E-state index in [2.05, 4.69) is 4.74 Å². The highest BCUT2D eigenvalue weighted by atomic mass is 35.5. The Morgan fingerprint density at radius 1 is 1.38 bits per heavy atom. The molecule has 7 heteroatoms. The molecule has 0 unspecified atom stereocenters. The number of para-hydroxylation sites is 1. The predicted octanol–water partition coefficient (Wildman–Crippen LogP) is 2.77. The molecule has 0 aliphatic rings. The van der Waals surface area contributed by atoms with Crippen molar-refractivity contribution >= 4 is 18.3 Å². The highest BCUT2D eigenvalue weighted by Crippen LogP contribution is 2.23. The molecule has 2 N–H and O–H groups in total. The van der Waals surface area contributed by atoms with Gasteiger partial charge in [-0.3, -0.25) is 4.79 Å². The third-order valence-electron chi connectivity index (χ3n) is 2.90. The Labute approximate surface area is 129 Å². The van der Waals surface area contributed by atoms with Crippen molar-refractivity contribution in [2.75, 3.05) is 20.1 Å². The minimum atomic E-state index is -2.96. The number of carbonyl (C=O) groups is 1. The molecule has 1 amide bonds. The van der Waals surface area contributed by atoms with Crippen molar-refractivity contribution in [2.24, 2.45) is 11.1 Å². The van der Waals surface area contributed by atoms with Crippen LogP contribution in [0, 0.1) is 5.41 Å². The SMILES string of the molecule is CN(CC(C)(C)CN)C(=O)c1ccccc1OC(F)F.Cl. The lowest BCUT2D eigenvalue weighted by atomic mass is 9.93. The smallest absolute Gasteiger partial charge is 0.387 e. The highest BCUT2D eigenvalue weighted by molar-refractivity contribution is 5.96. The molecule has 0 bridgehead atoms. The molecule has 4 nitrogen and oxygen atoms in total. The quantitative estimate of drug-likeness (QED) is 0.876. The van der Waals surface area contributed by atoms with Crippen LogP contribution in [0.4, 0.5) is 8.78 Å². The normalized spacial score (nSPS) is 11.0. The molecule has 1 aromatic carbocycles. The van der Waals surface area contributed by atoms with Gasteiger partial charge in [-0.15, -0.1) is 12.4 Å². The van der Waals surface area contributed by atoms with Gasteiger partial charge in [-0.1, -0.05) is 26.0 Å². The number of halogens is 3. The average Bonchev–Trinajstić information content (AvgIpc) is 2.37. The van der Waals surface area contributed by atoms with Gasteiger partial charge in [-0.05, 0) is 24.1 Å². The maximum absolute atomic E-state index is 12.3. The van der Waals surface area contributed by atoms with E-state index >= 15 is 0 Å². The highest BCUT2D eigenvalue weighted by Gasteiger charge is 2.24. The molecule has 0 radical (unpaired) electrons. The van der Waals surface area contributed by atoms with Crippen molar-refractivity contribution in [3.05, 3.63) is 29.8 Å². The summed E-state index contributed by atoms with van der Waals surface area (Å²) in [7, 11) is 1.61. The summed E-state index contributed by atoms with van der Waals surface area (Å²) in [5.41, 5.74) is 5.49. The molecule has 0 aromatic heterocycles. The Balaban J connectivity index is 0.00000400. The second-order valence-corrected chi connectivity index (χ2v) is 5.40. The molecule has 21 heavy (non-hydrogen) atoms. The number of nitrogens with two attached hydrogens (primary N) is 1. The molecule has 0 atom stereocenters. The van der Waals surface area contributed by atoms with E-state index in [9.17, 15) is 13.6 Å². The monoisotopic (exact) mass is 322 g/mol. The molecule has 0 fully saturated rings. The van der Waals surface area contributed by atoms with Crippen LogP contribution < -0.4 is 10.5 Å². The van der Waals surface area contributed by atoms with Crippen molar-refractivity contribution in [1.82, 2.24) is 4.90 Å². The fourth-order valence-corrected chi connectivity index (χ4v) is 1.83. The lowest BCUT2D eigenvalue weighted by molar-refractivity contribution is -0.0502. The summed E-state index contributed by atoms with van der Waals surface area (Å²) < 4.78 is 29.0. The Morgan fingerprint density at radius 2 is 1.95 bits per heavy atom. The molecule has 0 saturated carbocycles. The maximum atomic E-state index is 12.3. The summed E-state index contributed by atoms with van der Waals surface area (Å²) in [5, 5.41) is 0. The predicted molar refractivity (Wildman–Crippen MR) is 80.1 cm³/mol. The van der Waals surface area contributed by atoms with E-state index in [1.807, 2.05) is 13.8 Å². The third-order valence-corrected chi connectivity index (χ3v) is 2.90. The molecule has 1 aromatic rings. The lowest BCUT2D eigenvalue weighted by Gasteiger charge is -2.29. The van der Waals surface area contributed by atoms with E-state index < -0.39 is 6.61 Å². The first-order chi connectivity index (χ1) is 9.26. The van der Waals surface area contributed by atoms with E-state index in [0.29, 0.717) is 13.1 Å². The van der Waals surface area contributed by atoms with Gasteiger partial charge < -0.3 is 15.4 Å². The molecule has 0 aliphatic heterocycles. The first kappa shape index (κ1) is 19.6. The topological polar surface area (TPSA) is 55.6 Å². The first-order valence-corrected chi connectivity index (χ1v) is 6.26.